The van der Waals surface area contributed by atoms with Crippen molar-refractivity contribution in [2.24, 2.45) is 15.4 Å². The van der Waals surface area contributed by atoms with Crippen molar-refractivity contribution in [2.75, 3.05) is 5.32 Å². The summed E-state index contributed by atoms with van der Waals surface area (Å²) in [5.41, 5.74) is 3.13. The molecule has 7 heteroatoms. The van der Waals surface area contributed by atoms with Crippen LogP contribution in [0.2, 0.25) is 0 Å². The molecule has 3 N–H and O–H groups in total. The van der Waals surface area contributed by atoms with Gasteiger partial charge in [-0.1, -0.05) is 18.2 Å². The van der Waals surface area contributed by atoms with Gasteiger partial charge in [0, 0.05) is 11.4 Å². The highest BCUT2D eigenvalue weighted by Gasteiger charge is 2.06. The van der Waals surface area contributed by atoms with Crippen LogP contribution >= 0.6 is 0 Å². The predicted octanol–water partition coefficient (Wildman–Crippen LogP) is 4.49. The molecule has 3 aromatic carbocycles. The largest absolute Gasteiger partial charge is 0.356 e. The average Bonchev–Trinajstić information content (AvgIpc) is 2.62. The molecule has 3 rings (SSSR count). The lowest BCUT2D eigenvalue weighted by Gasteiger charge is -2.07. The summed E-state index contributed by atoms with van der Waals surface area (Å²) in [4.78, 5) is 0.0784. The fraction of sp³-hybridized carbons (Fsp3) is 0. The van der Waals surface area contributed by atoms with Gasteiger partial charge in [-0.15, -0.1) is 0 Å². The Morgan fingerprint density at radius 1 is 0.680 bits per heavy atom. The molecule has 0 aliphatic rings. The Balaban J connectivity index is 1.67. The van der Waals surface area contributed by atoms with Crippen LogP contribution < -0.4 is 10.5 Å². The second kappa shape index (κ2) is 7.25. The van der Waals surface area contributed by atoms with Crippen molar-refractivity contribution < 1.29 is 8.42 Å². The van der Waals surface area contributed by atoms with E-state index in [1.807, 2.05) is 54.6 Å². The predicted molar refractivity (Wildman–Crippen MR) is 98.2 cm³/mol. The second-order valence-corrected chi connectivity index (χ2v) is 6.84. The highest BCUT2D eigenvalue weighted by molar-refractivity contribution is 7.89. The van der Waals surface area contributed by atoms with Gasteiger partial charge in [0.2, 0.25) is 10.0 Å². The number of hydrogen-bond acceptors (Lipinski definition) is 5. The minimum Gasteiger partial charge on any atom is -0.356 e. The quantitative estimate of drug-likeness (QED) is 0.662. The van der Waals surface area contributed by atoms with E-state index in [1.54, 1.807) is 12.1 Å². The summed E-state index contributed by atoms with van der Waals surface area (Å²) in [5, 5.41) is 16.6. The molecule has 25 heavy (non-hydrogen) atoms. The van der Waals surface area contributed by atoms with Crippen LogP contribution in [0.4, 0.5) is 22.7 Å². The Hall–Kier alpha value is -3.03. The van der Waals surface area contributed by atoms with Crippen molar-refractivity contribution in [1.82, 2.24) is 0 Å². The zero-order valence-electron chi connectivity index (χ0n) is 13.2. The molecule has 0 spiro atoms. The molecular weight excluding hydrogens is 336 g/mol. The lowest BCUT2D eigenvalue weighted by Crippen LogP contribution is -2.11. The fourth-order valence-electron chi connectivity index (χ4n) is 2.12. The standard InChI is InChI=1S/C18H16N4O2S/c19-25(23,24)18-12-10-15(11-13-18)20-14-6-8-17(9-7-14)22-21-16-4-2-1-3-5-16/h1-13,20H,(H2,19,23,24)/b22-21+. The molecule has 0 bridgehead atoms. The van der Waals surface area contributed by atoms with Crippen molar-refractivity contribution in [3.8, 4) is 0 Å². The van der Waals surface area contributed by atoms with Crippen LogP contribution in [0.15, 0.2) is 94.0 Å². The van der Waals surface area contributed by atoms with Gasteiger partial charge in [0.25, 0.3) is 0 Å². The Morgan fingerprint density at radius 2 is 1.16 bits per heavy atom. The first-order valence-corrected chi connectivity index (χ1v) is 9.02. The summed E-state index contributed by atoms with van der Waals surface area (Å²) < 4.78 is 22.5. The van der Waals surface area contributed by atoms with Crippen LogP contribution in [0.1, 0.15) is 0 Å². The number of nitrogens with one attached hydrogen (secondary N) is 1. The maximum atomic E-state index is 11.2. The van der Waals surface area contributed by atoms with Crippen molar-refractivity contribution in [1.29, 1.82) is 0 Å². The highest BCUT2D eigenvalue weighted by atomic mass is 32.2. The molecule has 0 aliphatic carbocycles. The van der Waals surface area contributed by atoms with Crippen LogP contribution in [0.25, 0.3) is 0 Å². The van der Waals surface area contributed by atoms with E-state index in [-0.39, 0.29) is 4.90 Å². The van der Waals surface area contributed by atoms with Crippen LogP contribution in [-0.4, -0.2) is 8.42 Å². The minimum atomic E-state index is -3.68. The molecule has 0 aromatic heterocycles. The molecular formula is C18H16N4O2S. The summed E-state index contributed by atoms with van der Waals surface area (Å²) >= 11 is 0. The summed E-state index contributed by atoms with van der Waals surface area (Å²) in [7, 11) is -3.68. The van der Waals surface area contributed by atoms with E-state index in [1.165, 1.54) is 12.1 Å². The molecule has 6 nitrogen and oxygen atoms in total. The lowest BCUT2D eigenvalue weighted by molar-refractivity contribution is 0.598. The molecule has 126 valence electrons. The number of sulfonamides is 1. The summed E-state index contributed by atoms with van der Waals surface area (Å²) in [5.74, 6) is 0. The van der Waals surface area contributed by atoms with Gasteiger partial charge in [-0.05, 0) is 60.7 Å². The van der Waals surface area contributed by atoms with Gasteiger partial charge < -0.3 is 5.32 Å². The maximum Gasteiger partial charge on any atom is 0.238 e. The number of benzene rings is 3. The molecule has 0 amide bonds. The fourth-order valence-corrected chi connectivity index (χ4v) is 2.63. The number of hydrogen-bond donors (Lipinski definition) is 2. The van der Waals surface area contributed by atoms with Crippen molar-refractivity contribution >= 4 is 32.8 Å². The Morgan fingerprint density at radius 3 is 1.68 bits per heavy atom. The average molecular weight is 352 g/mol. The van der Waals surface area contributed by atoms with E-state index >= 15 is 0 Å². The van der Waals surface area contributed by atoms with Gasteiger partial charge in [-0.2, -0.15) is 10.2 Å². The highest BCUT2D eigenvalue weighted by Crippen LogP contribution is 2.23. The number of anilines is 2. The third-order valence-electron chi connectivity index (χ3n) is 3.38. The van der Waals surface area contributed by atoms with Crippen molar-refractivity contribution in [3.05, 3.63) is 78.9 Å². The second-order valence-electron chi connectivity index (χ2n) is 5.28. The third-order valence-corrected chi connectivity index (χ3v) is 4.31. The topological polar surface area (TPSA) is 96.9 Å². The van der Waals surface area contributed by atoms with Gasteiger partial charge in [-0.25, -0.2) is 13.6 Å². The number of nitrogens with zero attached hydrogens (tertiary/aromatic N) is 2. The van der Waals surface area contributed by atoms with Crippen LogP contribution in [-0.2, 0) is 10.0 Å². The number of rotatable bonds is 5. The zero-order chi connectivity index (χ0) is 17.7. The number of primary sulfonamides is 1. The molecule has 0 saturated carbocycles. The smallest absolute Gasteiger partial charge is 0.238 e. The van der Waals surface area contributed by atoms with Crippen molar-refractivity contribution in [2.45, 2.75) is 4.90 Å². The first-order valence-electron chi connectivity index (χ1n) is 7.47. The summed E-state index contributed by atoms with van der Waals surface area (Å²) in [6, 6.07) is 23.1. The zero-order valence-corrected chi connectivity index (χ0v) is 14.0. The van der Waals surface area contributed by atoms with Gasteiger partial charge in [-0.3, -0.25) is 0 Å². The molecule has 3 aromatic rings. The van der Waals surface area contributed by atoms with E-state index in [4.69, 9.17) is 5.14 Å². The SMILES string of the molecule is NS(=O)(=O)c1ccc(Nc2ccc(/N=N/c3ccccc3)cc2)cc1. The normalized spacial score (nSPS) is 11.6. The Kier molecular flexibility index (Phi) is 4.87. The number of nitrogens with two attached hydrogens (primary N) is 1. The maximum absolute atomic E-state index is 11.2. The summed E-state index contributed by atoms with van der Waals surface area (Å²) in [6.07, 6.45) is 0. The molecule has 0 atom stereocenters. The third kappa shape index (κ3) is 4.72. The number of azo groups is 1. The minimum absolute atomic E-state index is 0.0784. The monoisotopic (exact) mass is 352 g/mol. The van der Waals surface area contributed by atoms with E-state index in [0.29, 0.717) is 0 Å². The first kappa shape index (κ1) is 16.8. The van der Waals surface area contributed by atoms with E-state index in [0.717, 1.165) is 22.7 Å². The molecule has 0 saturated heterocycles. The van der Waals surface area contributed by atoms with Crippen molar-refractivity contribution in [3.63, 3.8) is 0 Å². The van der Waals surface area contributed by atoms with E-state index < -0.39 is 10.0 Å². The van der Waals surface area contributed by atoms with Gasteiger partial charge in [0.1, 0.15) is 0 Å². The Bertz CT molecular complexity index is 968. The molecule has 0 aliphatic heterocycles. The van der Waals surface area contributed by atoms with Gasteiger partial charge in [0.15, 0.2) is 0 Å². The van der Waals surface area contributed by atoms with Gasteiger partial charge in [0.05, 0.1) is 16.3 Å². The van der Waals surface area contributed by atoms with Crippen LogP contribution in [0.5, 0.6) is 0 Å². The molecule has 0 heterocycles. The van der Waals surface area contributed by atoms with Gasteiger partial charge >= 0.3 is 0 Å². The van der Waals surface area contributed by atoms with E-state index in [2.05, 4.69) is 15.5 Å². The lowest BCUT2D eigenvalue weighted by atomic mass is 10.2. The summed E-state index contributed by atoms with van der Waals surface area (Å²) in [6.45, 7) is 0. The molecule has 0 radical (unpaired) electrons. The Labute approximate surface area is 146 Å². The molecule has 0 fully saturated rings. The molecule has 0 unspecified atom stereocenters. The van der Waals surface area contributed by atoms with Crippen LogP contribution in [0, 0.1) is 0 Å². The van der Waals surface area contributed by atoms with Crippen LogP contribution in [0.3, 0.4) is 0 Å². The van der Waals surface area contributed by atoms with E-state index in [9.17, 15) is 8.42 Å². The first-order chi connectivity index (χ1) is 12.0.